The van der Waals surface area contributed by atoms with Gasteiger partial charge in [-0.15, -0.1) is 11.8 Å². The van der Waals surface area contributed by atoms with E-state index in [0.717, 1.165) is 11.1 Å². The lowest BCUT2D eigenvalue weighted by Gasteiger charge is -2.34. The summed E-state index contributed by atoms with van der Waals surface area (Å²) in [7, 11) is -2.97. The Morgan fingerprint density at radius 3 is 2.58 bits per heavy atom. The van der Waals surface area contributed by atoms with Crippen LogP contribution in [0.25, 0.3) is 0 Å². The number of carbonyl (C=O) groups excluding carboxylic acids is 1. The summed E-state index contributed by atoms with van der Waals surface area (Å²) in [6.07, 6.45) is 0.866. The molecule has 1 N–H and O–H groups in total. The van der Waals surface area contributed by atoms with E-state index in [1.54, 1.807) is 0 Å². The van der Waals surface area contributed by atoms with E-state index in [-0.39, 0.29) is 35.0 Å². The van der Waals surface area contributed by atoms with Gasteiger partial charge in [0.15, 0.2) is 9.84 Å². The van der Waals surface area contributed by atoms with Crippen LogP contribution in [-0.2, 0) is 32.4 Å². The molecular weight excluding hydrogens is 350 g/mol. The second-order valence-electron chi connectivity index (χ2n) is 6.18. The van der Waals surface area contributed by atoms with Crippen molar-refractivity contribution in [2.45, 2.75) is 30.7 Å². The molecule has 0 spiro atoms. The van der Waals surface area contributed by atoms with E-state index in [1.807, 2.05) is 24.3 Å². The average molecular weight is 369 g/mol. The minimum atomic E-state index is -2.97. The Labute approximate surface area is 145 Å². The summed E-state index contributed by atoms with van der Waals surface area (Å²) in [6.45, 7) is 0.287. The first kappa shape index (κ1) is 17.3. The Bertz CT molecular complexity index is 761. The van der Waals surface area contributed by atoms with Crippen molar-refractivity contribution in [1.82, 2.24) is 4.90 Å². The van der Waals surface area contributed by atoms with Gasteiger partial charge in [0, 0.05) is 18.2 Å². The lowest BCUT2D eigenvalue weighted by molar-refractivity contribution is -0.150. The third kappa shape index (κ3) is 3.75. The second kappa shape index (κ2) is 6.76. The second-order valence-corrected chi connectivity index (χ2v) is 9.70. The van der Waals surface area contributed by atoms with Crippen LogP contribution in [0.1, 0.15) is 17.5 Å². The topological polar surface area (TPSA) is 91.8 Å². The van der Waals surface area contributed by atoms with E-state index in [9.17, 15) is 23.1 Å². The number of carboxylic acid groups (broad SMARTS) is 1. The molecule has 1 saturated heterocycles. The monoisotopic (exact) mass is 369 g/mol. The van der Waals surface area contributed by atoms with Crippen molar-refractivity contribution in [3.63, 3.8) is 0 Å². The zero-order valence-corrected chi connectivity index (χ0v) is 14.7. The molecule has 1 amide bonds. The third-order valence-electron chi connectivity index (χ3n) is 4.49. The molecule has 6 nitrogen and oxygen atoms in total. The van der Waals surface area contributed by atoms with Crippen LogP contribution in [0.5, 0.6) is 0 Å². The van der Waals surface area contributed by atoms with Gasteiger partial charge in [0.1, 0.15) is 6.04 Å². The highest BCUT2D eigenvalue weighted by Gasteiger charge is 2.35. The van der Waals surface area contributed by atoms with Gasteiger partial charge in [-0.25, -0.2) is 13.2 Å². The molecule has 0 aliphatic carbocycles. The number of aliphatic carboxylic acids is 1. The molecule has 0 bridgehead atoms. The van der Waals surface area contributed by atoms with Crippen LogP contribution in [0.3, 0.4) is 0 Å². The zero-order valence-electron chi connectivity index (χ0n) is 13.1. The predicted molar refractivity (Wildman–Crippen MR) is 91.6 cm³/mol. The molecule has 1 fully saturated rings. The van der Waals surface area contributed by atoms with E-state index >= 15 is 0 Å². The summed E-state index contributed by atoms with van der Waals surface area (Å²) in [5.41, 5.74) is 1.93. The predicted octanol–water partition coefficient (Wildman–Crippen LogP) is 0.945. The van der Waals surface area contributed by atoms with Crippen LogP contribution in [0.2, 0.25) is 0 Å². The van der Waals surface area contributed by atoms with Gasteiger partial charge in [-0.3, -0.25) is 4.79 Å². The zero-order chi connectivity index (χ0) is 17.3. The van der Waals surface area contributed by atoms with Gasteiger partial charge in [-0.05, 0) is 17.5 Å². The highest BCUT2D eigenvalue weighted by atomic mass is 32.2. The molecule has 2 unspecified atom stereocenters. The maximum absolute atomic E-state index is 12.5. The minimum absolute atomic E-state index is 0.0701. The number of fused-ring (bicyclic) bond motifs is 1. The molecule has 3 rings (SSSR count). The third-order valence-corrected chi connectivity index (χ3v) is 7.75. The molecule has 2 heterocycles. The summed E-state index contributed by atoms with van der Waals surface area (Å²) in [6, 6.07) is 6.68. The molecule has 0 saturated carbocycles. The number of benzene rings is 1. The van der Waals surface area contributed by atoms with Crippen LogP contribution in [0.4, 0.5) is 0 Å². The number of nitrogens with zero attached hydrogens (tertiary/aromatic N) is 1. The Morgan fingerprint density at radius 2 is 1.96 bits per heavy atom. The molecule has 1 aromatic rings. The number of thioether (sulfide) groups is 1. The van der Waals surface area contributed by atoms with Gasteiger partial charge in [-0.2, -0.15) is 0 Å². The molecule has 2 aliphatic heterocycles. The van der Waals surface area contributed by atoms with E-state index < -0.39 is 21.8 Å². The van der Waals surface area contributed by atoms with E-state index in [0.29, 0.717) is 12.8 Å². The van der Waals surface area contributed by atoms with E-state index in [2.05, 4.69) is 0 Å². The van der Waals surface area contributed by atoms with Gasteiger partial charge in [0.05, 0.1) is 17.3 Å². The largest absolute Gasteiger partial charge is 0.480 e. The quantitative estimate of drug-likeness (QED) is 0.849. The Balaban J connectivity index is 1.67. The fraction of sp³-hybridized carbons (Fsp3) is 0.500. The van der Waals surface area contributed by atoms with Crippen molar-refractivity contribution in [3.8, 4) is 0 Å². The van der Waals surface area contributed by atoms with E-state index in [1.165, 1.54) is 16.7 Å². The van der Waals surface area contributed by atoms with Gasteiger partial charge in [0.2, 0.25) is 5.91 Å². The molecule has 24 heavy (non-hydrogen) atoms. The van der Waals surface area contributed by atoms with Gasteiger partial charge in [0.25, 0.3) is 0 Å². The average Bonchev–Trinajstić information content (AvgIpc) is 2.90. The molecule has 0 aromatic heterocycles. The highest BCUT2D eigenvalue weighted by molar-refractivity contribution is 8.02. The van der Waals surface area contributed by atoms with E-state index in [4.69, 9.17) is 0 Å². The summed E-state index contributed by atoms with van der Waals surface area (Å²) < 4.78 is 23.0. The smallest absolute Gasteiger partial charge is 0.326 e. The van der Waals surface area contributed by atoms with Crippen molar-refractivity contribution >= 4 is 33.5 Å². The summed E-state index contributed by atoms with van der Waals surface area (Å²) in [5.74, 6) is -0.854. The number of carbonyl (C=O) groups is 2. The number of rotatable bonds is 4. The molecule has 2 atom stereocenters. The van der Waals surface area contributed by atoms with Crippen molar-refractivity contribution in [1.29, 1.82) is 0 Å². The van der Waals surface area contributed by atoms with Crippen molar-refractivity contribution in [3.05, 3.63) is 35.4 Å². The van der Waals surface area contributed by atoms with Crippen molar-refractivity contribution < 1.29 is 23.1 Å². The molecular formula is C16H19NO5S2. The summed E-state index contributed by atoms with van der Waals surface area (Å²) >= 11 is 1.32. The maximum atomic E-state index is 12.5. The first-order valence-electron chi connectivity index (χ1n) is 7.77. The van der Waals surface area contributed by atoms with Gasteiger partial charge < -0.3 is 10.0 Å². The fourth-order valence-corrected chi connectivity index (χ4v) is 6.70. The number of carboxylic acids is 1. The normalized spacial score (nSPS) is 25.2. The van der Waals surface area contributed by atoms with Crippen LogP contribution in [0, 0.1) is 0 Å². The lowest BCUT2D eigenvalue weighted by atomic mass is 9.94. The van der Waals surface area contributed by atoms with Gasteiger partial charge >= 0.3 is 5.97 Å². The molecule has 0 radical (unpaired) electrons. The van der Waals surface area contributed by atoms with Crippen LogP contribution in [0.15, 0.2) is 24.3 Å². The molecule has 8 heteroatoms. The fourth-order valence-electron chi connectivity index (χ4n) is 3.17. The van der Waals surface area contributed by atoms with Gasteiger partial charge in [-0.1, -0.05) is 24.3 Å². The minimum Gasteiger partial charge on any atom is -0.480 e. The van der Waals surface area contributed by atoms with Crippen LogP contribution in [-0.4, -0.2) is 58.9 Å². The standard InChI is InChI=1S/C16H19NO5S2/c18-15(9-23-13-5-6-24(21,22)10-13)17-8-12-4-2-1-3-11(12)7-14(17)16(19)20/h1-4,13-14H,5-10H2,(H,19,20). The summed E-state index contributed by atoms with van der Waals surface area (Å²) in [5, 5.41) is 9.38. The Morgan fingerprint density at radius 1 is 1.25 bits per heavy atom. The molecule has 1 aromatic carbocycles. The van der Waals surface area contributed by atoms with Crippen LogP contribution < -0.4 is 0 Å². The molecule has 130 valence electrons. The SMILES string of the molecule is O=C(O)C1Cc2ccccc2CN1C(=O)CSC1CCS(=O)(=O)C1. The summed E-state index contributed by atoms with van der Waals surface area (Å²) in [4.78, 5) is 25.5. The number of sulfone groups is 1. The van der Waals surface area contributed by atoms with Crippen molar-refractivity contribution in [2.24, 2.45) is 0 Å². The van der Waals surface area contributed by atoms with Crippen LogP contribution >= 0.6 is 11.8 Å². The molecule has 2 aliphatic rings. The number of hydrogen-bond donors (Lipinski definition) is 1. The Kier molecular flexibility index (Phi) is 4.87. The highest BCUT2D eigenvalue weighted by Crippen LogP contribution is 2.27. The first-order chi connectivity index (χ1) is 11.4. The maximum Gasteiger partial charge on any atom is 0.326 e. The Hall–Kier alpha value is -1.54. The lowest BCUT2D eigenvalue weighted by Crippen LogP contribution is -2.49. The number of hydrogen-bond acceptors (Lipinski definition) is 5. The number of amides is 1. The first-order valence-corrected chi connectivity index (χ1v) is 10.6. The van der Waals surface area contributed by atoms with Crippen molar-refractivity contribution in [2.75, 3.05) is 17.3 Å².